The number of hydrogen-bond acceptors (Lipinski definition) is 3. The minimum absolute atomic E-state index is 0.0476. The first kappa shape index (κ1) is 13.7. The maximum absolute atomic E-state index is 11.9. The molecule has 1 heterocycles. The van der Waals surface area contributed by atoms with Crippen LogP contribution in [0.4, 0.5) is 0 Å². The summed E-state index contributed by atoms with van der Waals surface area (Å²) in [4.78, 5) is 11.9. The summed E-state index contributed by atoms with van der Waals surface area (Å²) in [6.07, 6.45) is 0.377. The van der Waals surface area contributed by atoms with Gasteiger partial charge in [0.05, 0.1) is 13.5 Å². The molecule has 0 radical (unpaired) electrons. The Bertz CT molecular complexity index is 686. The molecule has 108 valence electrons. The summed E-state index contributed by atoms with van der Waals surface area (Å²) in [5.74, 6) is 1.42. The second kappa shape index (κ2) is 5.24. The Morgan fingerprint density at radius 3 is 2.48 bits per heavy atom. The lowest BCUT2D eigenvalue weighted by Gasteiger charge is -2.27. The van der Waals surface area contributed by atoms with E-state index >= 15 is 0 Å². The average Bonchev–Trinajstić information content (AvgIpc) is 2.51. The van der Waals surface area contributed by atoms with Crippen LogP contribution in [0.5, 0.6) is 11.5 Å². The molecular weight excluding hydrogens is 264 g/mol. The molecule has 0 aliphatic carbocycles. The summed E-state index contributed by atoms with van der Waals surface area (Å²) in [7, 11) is 1.65. The molecule has 2 aromatic rings. The Balaban J connectivity index is 2.08. The standard InChI is InChI=1S/C18H18O3/c1-11-4-9-15-16(10-17(19)21-18(15)12(11)2)13-5-7-14(20-3)8-6-13/h4-9,16H,10H2,1-3H3/t16-/m1/s1. The van der Waals surface area contributed by atoms with Crippen LogP contribution in [0.1, 0.15) is 34.6 Å². The van der Waals surface area contributed by atoms with Crippen molar-refractivity contribution in [3.05, 3.63) is 58.7 Å². The quantitative estimate of drug-likeness (QED) is 0.621. The summed E-state index contributed by atoms with van der Waals surface area (Å²) < 4.78 is 10.7. The molecule has 3 nitrogen and oxygen atoms in total. The molecule has 1 atom stereocenters. The molecule has 0 saturated carbocycles. The van der Waals surface area contributed by atoms with Gasteiger partial charge in [0.1, 0.15) is 11.5 Å². The van der Waals surface area contributed by atoms with E-state index in [4.69, 9.17) is 9.47 Å². The highest BCUT2D eigenvalue weighted by Gasteiger charge is 2.29. The zero-order valence-corrected chi connectivity index (χ0v) is 12.5. The highest BCUT2D eigenvalue weighted by Crippen LogP contribution is 2.41. The van der Waals surface area contributed by atoms with Gasteiger partial charge in [-0.3, -0.25) is 4.79 Å². The summed E-state index contributed by atoms with van der Waals surface area (Å²) in [5.41, 5.74) is 4.37. The molecule has 0 saturated heterocycles. The molecule has 3 rings (SSSR count). The van der Waals surface area contributed by atoms with Gasteiger partial charge in [0.25, 0.3) is 0 Å². The van der Waals surface area contributed by atoms with Crippen LogP contribution in [-0.4, -0.2) is 13.1 Å². The maximum Gasteiger partial charge on any atom is 0.312 e. The maximum atomic E-state index is 11.9. The third kappa shape index (κ3) is 2.40. The van der Waals surface area contributed by atoms with E-state index in [0.29, 0.717) is 6.42 Å². The van der Waals surface area contributed by atoms with E-state index < -0.39 is 0 Å². The van der Waals surface area contributed by atoms with Crippen molar-refractivity contribution in [2.45, 2.75) is 26.2 Å². The van der Waals surface area contributed by atoms with Crippen molar-refractivity contribution in [1.29, 1.82) is 0 Å². The molecule has 0 spiro atoms. The lowest BCUT2D eigenvalue weighted by molar-refractivity contribution is -0.135. The number of carbonyl (C=O) groups excluding carboxylic acids is 1. The van der Waals surface area contributed by atoms with E-state index in [2.05, 4.69) is 12.1 Å². The molecule has 0 amide bonds. The summed E-state index contributed by atoms with van der Waals surface area (Å²) >= 11 is 0. The van der Waals surface area contributed by atoms with Crippen LogP contribution < -0.4 is 9.47 Å². The minimum Gasteiger partial charge on any atom is -0.497 e. The molecule has 3 heteroatoms. The fourth-order valence-electron chi connectivity index (χ4n) is 2.79. The third-order valence-electron chi connectivity index (χ3n) is 4.19. The van der Waals surface area contributed by atoms with Gasteiger partial charge in [-0.1, -0.05) is 24.3 Å². The monoisotopic (exact) mass is 282 g/mol. The molecule has 21 heavy (non-hydrogen) atoms. The molecule has 1 aliphatic rings. The van der Waals surface area contributed by atoms with E-state index in [9.17, 15) is 4.79 Å². The zero-order chi connectivity index (χ0) is 15.0. The smallest absolute Gasteiger partial charge is 0.312 e. The van der Waals surface area contributed by atoms with Gasteiger partial charge < -0.3 is 9.47 Å². The number of hydrogen-bond donors (Lipinski definition) is 0. The van der Waals surface area contributed by atoms with Crippen LogP contribution in [0.3, 0.4) is 0 Å². The first-order valence-corrected chi connectivity index (χ1v) is 7.05. The Kier molecular flexibility index (Phi) is 3.42. The van der Waals surface area contributed by atoms with Gasteiger partial charge in [0, 0.05) is 11.5 Å². The van der Waals surface area contributed by atoms with Crippen molar-refractivity contribution in [2.24, 2.45) is 0 Å². The molecule has 0 fully saturated rings. The fourth-order valence-corrected chi connectivity index (χ4v) is 2.79. The SMILES string of the molecule is COc1ccc([C@H]2CC(=O)Oc3c2ccc(C)c3C)cc1. The number of fused-ring (bicyclic) bond motifs is 1. The molecule has 0 unspecified atom stereocenters. The number of rotatable bonds is 2. The number of carbonyl (C=O) groups is 1. The molecule has 0 bridgehead atoms. The van der Waals surface area contributed by atoms with Crippen LogP contribution >= 0.6 is 0 Å². The third-order valence-corrected chi connectivity index (χ3v) is 4.19. The number of aryl methyl sites for hydroxylation is 1. The van der Waals surface area contributed by atoms with Gasteiger partial charge in [-0.2, -0.15) is 0 Å². The van der Waals surface area contributed by atoms with E-state index in [1.807, 2.05) is 38.1 Å². The van der Waals surface area contributed by atoms with Crippen LogP contribution in [-0.2, 0) is 4.79 Å². The minimum atomic E-state index is -0.169. The predicted molar refractivity (Wildman–Crippen MR) is 81.0 cm³/mol. The van der Waals surface area contributed by atoms with Gasteiger partial charge in [0.2, 0.25) is 0 Å². The predicted octanol–water partition coefficient (Wildman–Crippen LogP) is 3.75. The van der Waals surface area contributed by atoms with E-state index in [1.54, 1.807) is 7.11 Å². The largest absolute Gasteiger partial charge is 0.497 e. The molecule has 0 aromatic heterocycles. The second-order valence-corrected chi connectivity index (χ2v) is 5.43. The highest BCUT2D eigenvalue weighted by molar-refractivity contribution is 5.78. The van der Waals surface area contributed by atoms with Crippen molar-refractivity contribution in [3.63, 3.8) is 0 Å². The lowest BCUT2D eigenvalue weighted by Crippen LogP contribution is -2.22. The van der Waals surface area contributed by atoms with Crippen molar-refractivity contribution in [2.75, 3.05) is 7.11 Å². The Morgan fingerprint density at radius 2 is 1.81 bits per heavy atom. The molecule has 2 aromatic carbocycles. The van der Waals surface area contributed by atoms with Crippen molar-refractivity contribution < 1.29 is 14.3 Å². The summed E-state index contributed by atoms with van der Waals surface area (Å²) in [6, 6.07) is 12.0. The summed E-state index contributed by atoms with van der Waals surface area (Å²) in [6.45, 7) is 4.03. The number of methoxy groups -OCH3 is 1. The molecule has 1 aliphatic heterocycles. The van der Waals surface area contributed by atoms with E-state index in [0.717, 1.165) is 33.8 Å². The van der Waals surface area contributed by atoms with Crippen LogP contribution in [0.15, 0.2) is 36.4 Å². The van der Waals surface area contributed by atoms with Gasteiger partial charge in [0.15, 0.2) is 0 Å². The fraction of sp³-hybridized carbons (Fsp3) is 0.278. The first-order valence-electron chi connectivity index (χ1n) is 7.05. The van der Waals surface area contributed by atoms with Crippen LogP contribution in [0, 0.1) is 13.8 Å². The van der Waals surface area contributed by atoms with E-state index in [1.165, 1.54) is 0 Å². The Labute approximate surface area is 124 Å². The van der Waals surface area contributed by atoms with Crippen molar-refractivity contribution >= 4 is 5.97 Å². The van der Waals surface area contributed by atoms with Gasteiger partial charge in [-0.05, 0) is 42.7 Å². The number of benzene rings is 2. The van der Waals surface area contributed by atoms with Crippen LogP contribution in [0.25, 0.3) is 0 Å². The Hall–Kier alpha value is -2.29. The summed E-state index contributed by atoms with van der Waals surface area (Å²) in [5, 5.41) is 0. The van der Waals surface area contributed by atoms with Crippen molar-refractivity contribution in [1.82, 2.24) is 0 Å². The van der Waals surface area contributed by atoms with Crippen LogP contribution in [0.2, 0.25) is 0 Å². The number of esters is 1. The molecule has 0 N–H and O–H groups in total. The normalized spacial score (nSPS) is 17.1. The zero-order valence-electron chi connectivity index (χ0n) is 12.5. The van der Waals surface area contributed by atoms with E-state index in [-0.39, 0.29) is 11.9 Å². The van der Waals surface area contributed by atoms with Gasteiger partial charge in [-0.15, -0.1) is 0 Å². The van der Waals surface area contributed by atoms with Gasteiger partial charge in [-0.25, -0.2) is 0 Å². The van der Waals surface area contributed by atoms with Crippen molar-refractivity contribution in [3.8, 4) is 11.5 Å². The second-order valence-electron chi connectivity index (χ2n) is 5.43. The first-order chi connectivity index (χ1) is 10.1. The number of ether oxygens (including phenoxy) is 2. The van der Waals surface area contributed by atoms with Gasteiger partial charge >= 0.3 is 5.97 Å². The lowest BCUT2D eigenvalue weighted by atomic mass is 9.84. The Morgan fingerprint density at radius 1 is 1.10 bits per heavy atom. The highest BCUT2D eigenvalue weighted by atomic mass is 16.5. The average molecular weight is 282 g/mol. The topological polar surface area (TPSA) is 35.5 Å². The molecular formula is C18H18O3.